The van der Waals surface area contributed by atoms with Crippen LogP contribution in [-0.2, 0) is 17.1 Å². The minimum Gasteiger partial charge on any atom is -0.264 e. The maximum absolute atomic E-state index is 14.7. The molecule has 3 heterocycles. The van der Waals surface area contributed by atoms with Crippen molar-refractivity contribution in [3.05, 3.63) is 83.4 Å². The van der Waals surface area contributed by atoms with Crippen molar-refractivity contribution in [2.75, 3.05) is 7.05 Å². The van der Waals surface area contributed by atoms with Crippen LogP contribution in [0.4, 0.5) is 8.78 Å². The third-order valence-electron chi connectivity index (χ3n) is 5.14. The number of nitrogens with zero attached hydrogens (tertiary/aromatic N) is 5. The average Bonchev–Trinajstić information content (AvgIpc) is 3.03. The Kier molecular flexibility index (Phi) is 5.28. The van der Waals surface area contributed by atoms with Gasteiger partial charge in [-0.15, -0.1) is 0 Å². The lowest BCUT2D eigenvalue weighted by atomic mass is 10.00. The molecular formula is C21H19F2N5O2S. The van der Waals surface area contributed by atoms with E-state index in [1.54, 1.807) is 30.8 Å². The Labute approximate surface area is 178 Å². The van der Waals surface area contributed by atoms with E-state index in [-0.39, 0.29) is 10.5 Å². The van der Waals surface area contributed by atoms with E-state index in [4.69, 9.17) is 0 Å². The highest BCUT2D eigenvalue weighted by molar-refractivity contribution is 7.89. The molecule has 0 saturated carbocycles. The molecule has 7 nitrogen and oxygen atoms in total. The van der Waals surface area contributed by atoms with Crippen molar-refractivity contribution in [2.24, 2.45) is 7.05 Å². The third-order valence-corrected chi connectivity index (χ3v) is 6.92. The molecule has 4 aromatic rings. The lowest BCUT2D eigenvalue weighted by Gasteiger charge is -2.28. The Morgan fingerprint density at radius 1 is 1.13 bits per heavy atom. The standard InChI is InChI=1S/C21H19F2N5O2S/c1-13-18-10-16(12-25-21(18)27(2)26-13)31(29,30)28(3)20(14-5-4-8-24-11-14)17-7-6-15(22)9-19(17)23/h4-12,20H,1-3H3. The van der Waals surface area contributed by atoms with E-state index in [2.05, 4.69) is 15.1 Å². The summed E-state index contributed by atoms with van der Waals surface area (Å²) in [5, 5.41) is 4.86. The summed E-state index contributed by atoms with van der Waals surface area (Å²) in [5.74, 6) is -1.61. The predicted octanol–water partition coefficient (Wildman–Crippen LogP) is 3.36. The van der Waals surface area contributed by atoms with Gasteiger partial charge in [-0.25, -0.2) is 22.2 Å². The van der Waals surface area contributed by atoms with Gasteiger partial charge >= 0.3 is 0 Å². The highest BCUT2D eigenvalue weighted by Crippen LogP contribution is 2.34. The van der Waals surface area contributed by atoms with Crippen LogP contribution in [-0.4, -0.2) is 39.5 Å². The van der Waals surface area contributed by atoms with Crippen molar-refractivity contribution in [3.8, 4) is 0 Å². The Bertz CT molecular complexity index is 1370. The topological polar surface area (TPSA) is 81.0 Å². The highest BCUT2D eigenvalue weighted by Gasteiger charge is 2.33. The van der Waals surface area contributed by atoms with Gasteiger partial charge in [0.05, 0.1) is 11.7 Å². The van der Waals surface area contributed by atoms with Gasteiger partial charge in [-0.1, -0.05) is 12.1 Å². The van der Waals surface area contributed by atoms with Crippen LogP contribution in [0.5, 0.6) is 0 Å². The lowest BCUT2D eigenvalue weighted by Crippen LogP contribution is -2.32. The second-order valence-corrected chi connectivity index (χ2v) is 9.12. The minimum atomic E-state index is -4.11. The Morgan fingerprint density at radius 3 is 2.58 bits per heavy atom. The largest absolute Gasteiger partial charge is 0.264 e. The summed E-state index contributed by atoms with van der Waals surface area (Å²) in [6.45, 7) is 1.76. The summed E-state index contributed by atoms with van der Waals surface area (Å²) in [6, 6.07) is 6.75. The summed E-state index contributed by atoms with van der Waals surface area (Å²) in [6.07, 6.45) is 4.22. The molecule has 0 aliphatic rings. The van der Waals surface area contributed by atoms with Gasteiger partial charge in [-0.3, -0.25) is 9.67 Å². The number of aryl methyl sites for hydroxylation is 2. The van der Waals surface area contributed by atoms with Crippen LogP contribution in [0, 0.1) is 18.6 Å². The van der Waals surface area contributed by atoms with Crippen molar-refractivity contribution in [1.82, 2.24) is 24.1 Å². The van der Waals surface area contributed by atoms with Crippen LogP contribution in [0.2, 0.25) is 0 Å². The number of aromatic nitrogens is 4. The van der Waals surface area contributed by atoms with E-state index in [9.17, 15) is 17.2 Å². The number of rotatable bonds is 5. The van der Waals surface area contributed by atoms with Crippen molar-refractivity contribution in [3.63, 3.8) is 0 Å². The fourth-order valence-corrected chi connectivity index (χ4v) is 4.88. The molecule has 1 aromatic carbocycles. The van der Waals surface area contributed by atoms with Gasteiger partial charge in [0.15, 0.2) is 5.65 Å². The normalized spacial score (nSPS) is 13.1. The lowest BCUT2D eigenvalue weighted by molar-refractivity contribution is 0.405. The molecule has 0 saturated heterocycles. The summed E-state index contributed by atoms with van der Waals surface area (Å²) < 4.78 is 57.8. The van der Waals surface area contributed by atoms with Crippen LogP contribution < -0.4 is 0 Å². The van der Waals surface area contributed by atoms with Gasteiger partial charge in [0.25, 0.3) is 0 Å². The summed E-state index contributed by atoms with van der Waals surface area (Å²) >= 11 is 0. The first kappa shape index (κ1) is 21.0. The molecule has 0 bridgehead atoms. The van der Waals surface area contributed by atoms with E-state index < -0.39 is 27.7 Å². The molecule has 1 unspecified atom stereocenters. The molecule has 3 aromatic heterocycles. The molecule has 0 spiro atoms. The van der Waals surface area contributed by atoms with Crippen LogP contribution in [0.3, 0.4) is 0 Å². The molecule has 0 aliphatic heterocycles. The molecular weight excluding hydrogens is 424 g/mol. The zero-order valence-corrected chi connectivity index (χ0v) is 17.8. The first-order valence-electron chi connectivity index (χ1n) is 9.32. The first-order chi connectivity index (χ1) is 14.7. The van der Waals surface area contributed by atoms with Gasteiger partial charge < -0.3 is 0 Å². The first-order valence-corrected chi connectivity index (χ1v) is 10.8. The van der Waals surface area contributed by atoms with Crippen LogP contribution in [0.15, 0.2) is 59.9 Å². The molecule has 160 valence electrons. The number of fused-ring (bicyclic) bond motifs is 1. The van der Waals surface area contributed by atoms with Crippen molar-refractivity contribution in [2.45, 2.75) is 17.9 Å². The molecule has 0 amide bonds. The molecule has 0 fully saturated rings. The molecule has 4 rings (SSSR count). The molecule has 0 radical (unpaired) electrons. The third kappa shape index (κ3) is 3.68. The van der Waals surface area contributed by atoms with Gasteiger partial charge in [0, 0.05) is 49.7 Å². The predicted molar refractivity (Wildman–Crippen MR) is 111 cm³/mol. The Morgan fingerprint density at radius 2 is 1.90 bits per heavy atom. The smallest absolute Gasteiger partial charge is 0.245 e. The zero-order valence-electron chi connectivity index (χ0n) is 17.0. The second-order valence-electron chi connectivity index (χ2n) is 7.13. The summed E-state index contributed by atoms with van der Waals surface area (Å²) in [7, 11) is -1.05. The SMILES string of the molecule is Cc1nn(C)c2ncc(S(=O)(=O)N(C)C(c3cccnc3)c3ccc(F)cc3F)cc12. The second kappa shape index (κ2) is 7.78. The quantitative estimate of drug-likeness (QED) is 0.473. The Hall–Kier alpha value is -3.24. The summed E-state index contributed by atoms with van der Waals surface area (Å²) in [4.78, 5) is 8.21. The molecule has 0 aliphatic carbocycles. The number of pyridine rings is 2. The highest BCUT2D eigenvalue weighted by atomic mass is 32.2. The van der Waals surface area contributed by atoms with Gasteiger partial charge in [-0.05, 0) is 30.7 Å². The van der Waals surface area contributed by atoms with E-state index in [0.717, 1.165) is 16.4 Å². The molecule has 1 atom stereocenters. The van der Waals surface area contributed by atoms with Gasteiger partial charge in [0.2, 0.25) is 10.0 Å². The van der Waals surface area contributed by atoms with Crippen LogP contribution in [0.1, 0.15) is 22.9 Å². The molecule has 10 heteroatoms. The van der Waals surface area contributed by atoms with Crippen molar-refractivity contribution < 1.29 is 17.2 Å². The van der Waals surface area contributed by atoms with Crippen molar-refractivity contribution >= 4 is 21.1 Å². The van der Waals surface area contributed by atoms with E-state index in [0.29, 0.717) is 22.3 Å². The number of hydrogen-bond acceptors (Lipinski definition) is 5. The number of benzene rings is 1. The monoisotopic (exact) mass is 443 g/mol. The van der Waals surface area contributed by atoms with E-state index >= 15 is 0 Å². The molecule has 0 N–H and O–H groups in total. The van der Waals surface area contributed by atoms with Crippen LogP contribution in [0.25, 0.3) is 11.0 Å². The minimum absolute atomic E-state index is 0.00655. The van der Waals surface area contributed by atoms with E-state index in [1.165, 1.54) is 37.8 Å². The fraction of sp³-hybridized carbons (Fsp3) is 0.190. The van der Waals surface area contributed by atoms with Crippen molar-refractivity contribution in [1.29, 1.82) is 0 Å². The maximum Gasteiger partial charge on any atom is 0.245 e. The number of sulfonamides is 1. The number of hydrogen-bond donors (Lipinski definition) is 0. The van der Waals surface area contributed by atoms with Gasteiger partial charge in [-0.2, -0.15) is 9.40 Å². The fourth-order valence-electron chi connectivity index (χ4n) is 3.58. The summed E-state index contributed by atoms with van der Waals surface area (Å²) in [5.41, 5.74) is 1.63. The molecule has 31 heavy (non-hydrogen) atoms. The Balaban J connectivity index is 1.86. The van der Waals surface area contributed by atoms with Crippen LogP contribution >= 0.6 is 0 Å². The maximum atomic E-state index is 14.7. The average molecular weight is 443 g/mol. The van der Waals surface area contributed by atoms with Gasteiger partial charge in [0.1, 0.15) is 16.5 Å². The number of halogens is 2. The zero-order chi connectivity index (χ0) is 22.3. The van der Waals surface area contributed by atoms with E-state index in [1.807, 2.05) is 0 Å².